The zero-order valence-electron chi connectivity index (χ0n) is 13.7. The standard InChI is InChI=1S/C15H12F3N7O2/c1-7-20-10(13(19)27)6-11(26)25(7)12(14-21-23-24-22-14)8-2-4-9(5-3-8)15(16,17)18/h2-6,12H,1H3,(H2,19,27)(H,21,22,23,24). The molecule has 0 bridgehead atoms. The van der Waals surface area contributed by atoms with E-state index >= 15 is 0 Å². The zero-order valence-corrected chi connectivity index (χ0v) is 13.7. The summed E-state index contributed by atoms with van der Waals surface area (Å²) in [7, 11) is 0. The van der Waals surface area contributed by atoms with Gasteiger partial charge in [0, 0.05) is 6.07 Å². The summed E-state index contributed by atoms with van der Waals surface area (Å²) < 4.78 is 39.6. The molecule has 0 saturated carbocycles. The number of alkyl halides is 3. The molecule has 2 heterocycles. The number of aromatic nitrogens is 6. The lowest BCUT2D eigenvalue weighted by atomic mass is 10.0. The molecular formula is C15H12F3N7O2. The SMILES string of the molecule is Cc1nc(C(N)=O)cc(=O)n1C(c1ccc(C(F)(F)F)cc1)c1nnn[nH]1. The first-order valence-corrected chi connectivity index (χ1v) is 7.49. The van der Waals surface area contributed by atoms with Gasteiger partial charge in [0.15, 0.2) is 5.82 Å². The molecule has 3 aromatic rings. The molecule has 12 heteroatoms. The van der Waals surface area contributed by atoms with Crippen LogP contribution in [0, 0.1) is 6.92 Å². The fourth-order valence-electron chi connectivity index (χ4n) is 2.61. The number of tetrazole rings is 1. The molecule has 0 aliphatic heterocycles. The van der Waals surface area contributed by atoms with Gasteiger partial charge in [-0.25, -0.2) is 10.1 Å². The van der Waals surface area contributed by atoms with E-state index in [1.54, 1.807) is 0 Å². The van der Waals surface area contributed by atoms with E-state index in [-0.39, 0.29) is 17.3 Å². The summed E-state index contributed by atoms with van der Waals surface area (Å²) >= 11 is 0. The number of halogens is 3. The summed E-state index contributed by atoms with van der Waals surface area (Å²) in [4.78, 5) is 27.8. The third-order valence-corrected chi connectivity index (χ3v) is 3.81. The van der Waals surface area contributed by atoms with E-state index < -0.39 is 29.2 Å². The highest BCUT2D eigenvalue weighted by atomic mass is 19.4. The first-order chi connectivity index (χ1) is 12.7. The van der Waals surface area contributed by atoms with Crippen molar-refractivity contribution in [3.05, 3.63) is 69.2 Å². The Morgan fingerprint density at radius 2 is 1.93 bits per heavy atom. The van der Waals surface area contributed by atoms with E-state index in [2.05, 4.69) is 25.6 Å². The molecule has 140 valence electrons. The largest absolute Gasteiger partial charge is 0.416 e. The van der Waals surface area contributed by atoms with Crippen LogP contribution in [-0.4, -0.2) is 36.1 Å². The summed E-state index contributed by atoms with van der Waals surface area (Å²) in [6.07, 6.45) is -4.50. The molecule has 0 radical (unpaired) electrons. The van der Waals surface area contributed by atoms with E-state index in [1.807, 2.05) is 0 Å². The van der Waals surface area contributed by atoms with Crippen molar-refractivity contribution >= 4 is 5.91 Å². The van der Waals surface area contributed by atoms with E-state index in [0.717, 1.165) is 22.8 Å². The van der Waals surface area contributed by atoms with Crippen molar-refractivity contribution in [1.82, 2.24) is 30.2 Å². The van der Waals surface area contributed by atoms with Crippen LogP contribution in [-0.2, 0) is 6.18 Å². The summed E-state index contributed by atoms with van der Waals surface area (Å²) in [6, 6.07) is 4.16. The Bertz CT molecular complexity index is 1030. The van der Waals surface area contributed by atoms with Gasteiger partial charge in [0.2, 0.25) is 0 Å². The molecule has 3 rings (SSSR count). The van der Waals surface area contributed by atoms with Gasteiger partial charge in [-0.2, -0.15) is 13.2 Å². The maximum atomic E-state index is 12.8. The predicted molar refractivity (Wildman–Crippen MR) is 84.6 cm³/mol. The van der Waals surface area contributed by atoms with Gasteiger partial charge in [-0.3, -0.25) is 14.2 Å². The summed E-state index contributed by atoms with van der Waals surface area (Å²) in [5.74, 6) is -0.666. The molecule has 3 N–H and O–H groups in total. The van der Waals surface area contributed by atoms with Crippen LogP contribution in [0.5, 0.6) is 0 Å². The van der Waals surface area contributed by atoms with Crippen molar-refractivity contribution in [3.8, 4) is 0 Å². The van der Waals surface area contributed by atoms with E-state index in [1.165, 1.54) is 19.1 Å². The van der Waals surface area contributed by atoms with Gasteiger partial charge < -0.3 is 5.73 Å². The number of nitrogens with two attached hydrogens (primary N) is 1. The summed E-state index contributed by atoms with van der Waals surface area (Å²) in [5.41, 5.74) is 3.74. The number of amides is 1. The van der Waals surface area contributed by atoms with Crippen molar-refractivity contribution in [2.75, 3.05) is 0 Å². The maximum Gasteiger partial charge on any atom is 0.416 e. The number of hydrogen-bond donors (Lipinski definition) is 2. The zero-order chi connectivity index (χ0) is 19.8. The van der Waals surface area contributed by atoms with Crippen molar-refractivity contribution in [3.63, 3.8) is 0 Å². The Morgan fingerprint density at radius 1 is 1.26 bits per heavy atom. The number of hydrogen-bond acceptors (Lipinski definition) is 6. The third-order valence-electron chi connectivity index (χ3n) is 3.81. The van der Waals surface area contributed by atoms with Gasteiger partial charge >= 0.3 is 6.18 Å². The van der Waals surface area contributed by atoms with Gasteiger partial charge in [-0.05, 0) is 35.0 Å². The molecule has 0 spiro atoms. The number of carbonyl (C=O) groups is 1. The Balaban J connectivity index is 2.17. The van der Waals surface area contributed by atoms with Crippen molar-refractivity contribution in [1.29, 1.82) is 0 Å². The second-order valence-electron chi connectivity index (χ2n) is 5.57. The average Bonchev–Trinajstić information content (AvgIpc) is 3.11. The number of primary amides is 1. The highest BCUT2D eigenvalue weighted by Crippen LogP contribution is 2.31. The molecule has 1 amide bonds. The quantitative estimate of drug-likeness (QED) is 0.690. The number of aromatic amines is 1. The van der Waals surface area contributed by atoms with Gasteiger partial charge in [-0.15, -0.1) is 5.10 Å². The highest BCUT2D eigenvalue weighted by Gasteiger charge is 2.31. The number of carbonyl (C=O) groups excluding carboxylic acids is 1. The number of aryl methyl sites for hydroxylation is 1. The molecular weight excluding hydrogens is 367 g/mol. The molecule has 27 heavy (non-hydrogen) atoms. The molecule has 2 aromatic heterocycles. The molecule has 1 aromatic carbocycles. The maximum absolute atomic E-state index is 12.8. The minimum absolute atomic E-state index is 0.105. The molecule has 1 atom stereocenters. The second-order valence-corrected chi connectivity index (χ2v) is 5.57. The molecule has 0 aliphatic carbocycles. The first kappa shape index (κ1) is 18.2. The van der Waals surface area contributed by atoms with Crippen molar-refractivity contribution < 1.29 is 18.0 Å². The Hall–Kier alpha value is -3.57. The van der Waals surface area contributed by atoms with Gasteiger partial charge in [0.05, 0.1) is 5.56 Å². The van der Waals surface area contributed by atoms with Crippen LogP contribution in [0.1, 0.15) is 39.3 Å². The minimum Gasteiger partial charge on any atom is -0.364 e. The number of benzene rings is 1. The van der Waals surface area contributed by atoms with Crippen LogP contribution in [0.25, 0.3) is 0 Å². The van der Waals surface area contributed by atoms with Crippen LogP contribution >= 0.6 is 0 Å². The Labute approximate surface area is 149 Å². The third kappa shape index (κ3) is 3.54. The molecule has 0 saturated heterocycles. The Kier molecular flexibility index (Phi) is 4.47. The predicted octanol–water partition coefficient (Wildman–Crippen LogP) is 0.820. The van der Waals surface area contributed by atoms with Crippen LogP contribution in [0.3, 0.4) is 0 Å². The van der Waals surface area contributed by atoms with Gasteiger partial charge in [0.1, 0.15) is 17.6 Å². The lowest BCUT2D eigenvalue weighted by molar-refractivity contribution is -0.137. The molecule has 0 aliphatic rings. The fourth-order valence-corrected chi connectivity index (χ4v) is 2.61. The lowest BCUT2D eigenvalue weighted by Crippen LogP contribution is -2.32. The number of H-pyrrole nitrogens is 1. The van der Waals surface area contributed by atoms with E-state index in [0.29, 0.717) is 5.56 Å². The van der Waals surface area contributed by atoms with E-state index in [4.69, 9.17) is 5.73 Å². The smallest absolute Gasteiger partial charge is 0.364 e. The summed E-state index contributed by atoms with van der Waals surface area (Å²) in [5, 5.41) is 13.2. The van der Waals surface area contributed by atoms with Crippen LogP contribution < -0.4 is 11.3 Å². The topological polar surface area (TPSA) is 132 Å². The number of rotatable bonds is 4. The first-order valence-electron chi connectivity index (χ1n) is 7.49. The normalized spacial score (nSPS) is 12.7. The number of nitrogens with zero attached hydrogens (tertiary/aromatic N) is 5. The highest BCUT2D eigenvalue weighted by molar-refractivity contribution is 5.90. The summed E-state index contributed by atoms with van der Waals surface area (Å²) in [6.45, 7) is 1.45. The van der Waals surface area contributed by atoms with Crippen molar-refractivity contribution in [2.45, 2.75) is 19.1 Å². The van der Waals surface area contributed by atoms with Crippen molar-refractivity contribution in [2.24, 2.45) is 5.73 Å². The minimum atomic E-state index is -4.50. The fraction of sp³-hybridized carbons (Fsp3) is 0.200. The molecule has 1 unspecified atom stereocenters. The number of nitrogens with one attached hydrogen (secondary N) is 1. The Morgan fingerprint density at radius 3 is 2.41 bits per heavy atom. The lowest BCUT2D eigenvalue weighted by Gasteiger charge is -2.20. The van der Waals surface area contributed by atoms with Gasteiger partial charge in [-0.1, -0.05) is 12.1 Å². The van der Waals surface area contributed by atoms with E-state index in [9.17, 15) is 22.8 Å². The van der Waals surface area contributed by atoms with Gasteiger partial charge in [0.25, 0.3) is 11.5 Å². The molecule has 9 nitrogen and oxygen atoms in total. The van der Waals surface area contributed by atoms with Crippen LogP contribution in [0.2, 0.25) is 0 Å². The van der Waals surface area contributed by atoms with Crippen LogP contribution in [0.4, 0.5) is 13.2 Å². The monoisotopic (exact) mass is 379 g/mol. The van der Waals surface area contributed by atoms with Crippen LogP contribution in [0.15, 0.2) is 35.1 Å². The average molecular weight is 379 g/mol. The second kappa shape index (κ2) is 6.63. The molecule has 0 fully saturated rings.